The van der Waals surface area contributed by atoms with Crippen LogP contribution in [0.3, 0.4) is 0 Å². The largest absolute Gasteiger partial charge is 0.393 e. The molecule has 0 saturated heterocycles. The van der Waals surface area contributed by atoms with Gasteiger partial charge in [0.2, 0.25) is 0 Å². The smallest absolute Gasteiger partial charge is 0.0611 e. The lowest BCUT2D eigenvalue weighted by Crippen LogP contribution is -2.51. The van der Waals surface area contributed by atoms with Gasteiger partial charge in [0.1, 0.15) is 0 Å². The summed E-state index contributed by atoms with van der Waals surface area (Å²) in [5.41, 5.74) is 7.95. The molecular weight excluding hydrogens is 268 g/mol. The van der Waals surface area contributed by atoms with Crippen LogP contribution in [0.15, 0.2) is 28.7 Å². The first-order chi connectivity index (χ1) is 7.57. The van der Waals surface area contributed by atoms with Crippen LogP contribution in [0.5, 0.6) is 0 Å². The molecule has 1 aromatic heterocycles. The van der Waals surface area contributed by atoms with Crippen LogP contribution >= 0.6 is 15.9 Å². The lowest BCUT2D eigenvalue weighted by molar-refractivity contribution is 0.0192. The Morgan fingerprint density at radius 3 is 2.81 bits per heavy atom. The Labute approximate surface area is 102 Å². The standard InChI is InChI=1S/C12H13BrN2O/c13-8-1-2-10-7(3-8)4-11(15-10)12(14)5-9(16)6-12/h1-4,9,15-16H,5-6,14H2. The number of H-pyrrole nitrogens is 1. The highest BCUT2D eigenvalue weighted by atomic mass is 79.9. The van der Waals surface area contributed by atoms with Crippen LogP contribution in [0, 0.1) is 0 Å². The number of nitrogens with one attached hydrogen (secondary N) is 1. The number of hydrogen-bond acceptors (Lipinski definition) is 2. The van der Waals surface area contributed by atoms with Crippen molar-refractivity contribution >= 4 is 26.8 Å². The number of hydrogen-bond donors (Lipinski definition) is 3. The van der Waals surface area contributed by atoms with Gasteiger partial charge in [-0.25, -0.2) is 0 Å². The highest BCUT2D eigenvalue weighted by Gasteiger charge is 2.42. The second-order valence-electron chi connectivity index (χ2n) is 4.63. The van der Waals surface area contributed by atoms with E-state index in [-0.39, 0.29) is 11.6 Å². The number of halogens is 1. The molecule has 1 saturated carbocycles. The third-order valence-corrected chi connectivity index (χ3v) is 3.81. The number of aliphatic hydroxyl groups excluding tert-OH is 1. The molecule has 0 unspecified atom stereocenters. The topological polar surface area (TPSA) is 62.0 Å². The Morgan fingerprint density at radius 1 is 1.38 bits per heavy atom. The molecule has 1 aliphatic rings. The zero-order valence-corrected chi connectivity index (χ0v) is 10.3. The van der Waals surface area contributed by atoms with Crippen molar-refractivity contribution in [3.8, 4) is 0 Å². The second-order valence-corrected chi connectivity index (χ2v) is 5.55. The number of aromatic amines is 1. The van der Waals surface area contributed by atoms with Gasteiger partial charge in [-0.05, 0) is 37.1 Å². The maximum atomic E-state index is 9.36. The van der Waals surface area contributed by atoms with Crippen molar-refractivity contribution < 1.29 is 5.11 Å². The average molecular weight is 281 g/mol. The van der Waals surface area contributed by atoms with Crippen molar-refractivity contribution in [2.24, 2.45) is 5.73 Å². The third kappa shape index (κ3) is 1.49. The van der Waals surface area contributed by atoms with Gasteiger partial charge >= 0.3 is 0 Å². The van der Waals surface area contributed by atoms with Crippen molar-refractivity contribution in [2.45, 2.75) is 24.5 Å². The first-order valence-electron chi connectivity index (χ1n) is 5.32. The molecule has 3 nitrogen and oxygen atoms in total. The summed E-state index contributed by atoms with van der Waals surface area (Å²) in [5.74, 6) is 0. The molecule has 0 radical (unpaired) electrons. The van der Waals surface area contributed by atoms with Crippen LogP contribution in [-0.4, -0.2) is 16.2 Å². The number of rotatable bonds is 1. The van der Waals surface area contributed by atoms with Gasteiger partial charge in [0, 0.05) is 21.1 Å². The van der Waals surface area contributed by atoms with E-state index >= 15 is 0 Å². The summed E-state index contributed by atoms with van der Waals surface area (Å²) < 4.78 is 1.06. The quantitative estimate of drug-likeness (QED) is 0.750. The maximum Gasteiger partial charge on any atom is 0.0611 e. The molecule has 0 amide bonds. The monoisotopic (exact) mass is 280 g/mol. The average Bonchev–Trinajstić information content (AvgIpc) is 2.58. The highest BCUT2D eigenvalue weighted by molar-refractivity contribution is 9.10. The number of nitrogens with two attached hydrogens (primary N) is 1. The number of aliphatic hydroxyl groups is 1. The molecule has 84 valence electrons. The van der Waals surface area contributed by atoms with Gasteiger partial charge in [-0.3, -0.25) is 0 Å². The fourth-order valence-corrected chi connectivity index (χ4v) is 2.75. The molecule has 4 N–H and O–H groups in total. The van der Waals surface area contributed by atoms with Gasteiger partial charge in [-0.1, -0.05) is 15.9 Å². The van der Waals surface area contributed by atoms with Crippen LogP contribution < -0.4 is 5.73 Å². The molecule has 2 aromatic rings. The maximum absolute atomic E-state index is 9.36. The van der Waals surface area contributed by atoms with Crippen LogP contribution in [0.1, 0.15) is 18.5 Å². The molecule has 3 rings (SSSR count). The number of benzene rings is 1. The third-order valence-electron chi connectivity index (χ3n) is 3.32. The van der Waals surface area contributed by atoms with E-state index in [2.05, 4.69) is 33.0 Å². The first-order valence-corrected chi connectivity index (χ1v) is 6.12. The summed E-state index contributed by atoms with van der Waals surface area (Å²) in [5, 5.41) is 10.5. The van der Waals surface area contributed by atoms with Gasteiger partial charge in [-0.15, -0.1) is 0 Å². The Hall–Kier alpha value is -0.840. The minimum Gasteiger partial charge on any atom is -0.393 e. The second kappa shape index (κ2) is 3.32. The van der Waals surface area contributed by atoms with Crippen molar-refractivity contribution in [2.75, 3.05) is 0 Å². The molecule has 0 bridgehead atoms. The van der Waals surface area contributed by atoms with Gasteiger partial charge in [0.05, 0.1) is 11.6 Å². The molecule has 4 heteroatoms. The summed E-state index contributed by atoms with van der Waals surface area (Å²) in [6, 6.07) is 8.17. The van der Waals surface area contributed by atoms with E-state index in [0.29, 0.717) is 12.8 Å². The van der Waals surface area contributed by atoms with Crippen LogP contribution in [-0.2, 0) is 5.54 Å². The Balaban J connectivity index is 2.06. The van der Waals surface area contributed by atoms with Gasteiger partial charge in [0.25, 0.3) is 0 Å². The molecule has 1 aromatic carbocycles. The molecule has 1 aliphatic carbocycles. The summed E-state index contributed by atoms with van der Waals surface area (Å²) in [7, 11) is 0. The van der Waals surface area contributed by atoms with E-state index in [1.54, 1.807) is 0 Å². The summed E-state index contributed by atoms with van der Waals surface area (Å²) in [6.07, 6.45) is 1.03. The Morgan fingerprint density at radius 2 is 2.12 bits per heavy atom. The lowest BCUT2D eigenvalue weighted by Gasteiger charge is -2.41. The molecule has 1 heterocycles. The van der Waals surface area contributed by atoms with E-state index in [9.17, 15) is 5.11 Å². The predicted octanol–water partition coefficient (Wildman–Crippen LogP) is 2.24. The minimum atomic E-state index is -0.370. The Kier molecular flexibility index (Phi) is 2.14. The fraction of sp³-hybridized carbons (Fsp3) is 0.333. The van der Waals surface area contributed by atoms with Gasteiger partial charge in [0.15, 0.2) is 0 Å². The predicted molar refractivity (Wildman–Crippen MR) is 67.1 cm³/mol. The van der Waals surface area contributed by atoms with E-state index < -0.39 is 0 Å². The van der Waals surface area contributed by atoms with Gasteiger partial charge < -0.3 is 15.8 Å². The van der Waals surface area contributed by atoms with E-state index in [1.807, 2.05) is 12.1 Å². The summed E-state index contributed by atoms with van der Waals surface area (Å²) in [4.78, 5) is 3.33. The summed E-state index contributed by atoms with van der Waals surface area (Å²) in [6.45, 7) is 0. The number of fused-ring (bicyclic) bond motifs is 1. The van der Waals surface area contributed by atoms with E-state index in [4.69, 9.17) is 5.73 Å². The zero-order valence-electron chi connectivity index (χ0n) is 8.70. The van der Waals surface area contributed by atoms with Crippen LogP contribution in [0.25, 0.3) is 10.9 Å². The highest BCUT2D eigenvalue weighted by Crippen LogP contribution is 2.39. The lowest BCUT2D eigenvalue weighted by atomic mass is 9.73. The molecule has 16 heavy (non-hydrogen) atoms. The van der Waals surface area contributed by atoms with Crippen molar-refractivity contribution in [3.05, 3.63) is 34.4 Å². The van der Waals surface area contributed by atoms with Crippen LogP contribution in [0.2, 0.25) is 0 Å². The fourth-order valence-electron chi connectivity index (χ4n) is 2.37. The molecule has 0 atom stereocenters. The van der Waals surface area contributed by atoms with Crippen molar-refractivity contribution in [3.63, 3.8) is 0 Å². The Bertz CT molecular complexity index is 543. The first kappa shape index (κ1) is 10.3. The molecule has 0 spiro atoms. The normalized spacial score (nSPS) is 29.3. The van der Waals surface area contributed by atoms with Crippen LogP contribution in [0.4, 0.5) is 0 Å². The zero-order chi connectivity index (χ0) is 11.3. The molecule has 1 fully saturated rings. The molecular formula is C12H13BrN2O. The number of aromatic nitrogens is 1. The minimum absolute atomic E-state index is 0.247. The summed E-state index contributed by atoms with van der Waals surface area (Å²) >= 11 is 3.45. The molecule has 0 aliphatic heterocycles. The van der Waals surface area contributed by atoms with Gasteiger partial charge in [-0.2, -0.15) is 0 Å². The van der Waals surface area contributed by atoms with Crippen molar-refractivity contribution in [1.82, 2.24) is 4.98 Å². The van der Waals surface area contributed by atoms with E-state index in [0.717, 1.165) is 21.1 Å². The van der Waals surface area contributed by atoms with Crippen molar-refractivity contribution in [1.29, 1.82) is 0 Å². The SMILES string of the molecule is NC1(c2cc3cc(Br)ccc3[nH]2)CC(O)C1. The van der Waals surface area contributed by atoms with E-state index in [1.165, 1.54) is 0 Å².